The molecule has 1 aliphatic rings. The first-order chi connectivity index (χ1) is 9.74. The molecule has 1 aromatic carbocycles. The fourth-order valence-corrected chi connectivity index (χ4v) is 3.44. The van der Waals surface area contributed by atoms with Crippen LogP contribution in [-0.4, -0.2) is 21.6 Å². The van der Waals surface area contributed by atoms with Gasteiger partial charge in [0.05, 0.1) is 11.0 Å². The van der Waals surface area contributed by atoms with Gasteiger partial charge < -0.3 is 9.88 Å². The molecule has 1 saturated heterocycles. The van der Waals surface area contributed by atoms with Crippen molar-refractivity contribution in [3.8, 4) is 0 Å². The summed E-state index contributed by atoms with van der Waals surface area (Å²) in [6, 6.07) is 8.43. The highest BCUT2D eigenvalue weighted by Crippen LogP contribution is 2.27. The van der Waals surface area contributed by atoms with Crippen LogP contribution >= 0.6 is 0 Å². The zero-order valence-electron chi connectivity index (χ0n) is 12.7. The molecule has 3 nitrogen and oxygen atoms in total. The molecule has 0 saturated carbocycles. The van der Waals surface area contributed by atoms with Crippen molar-refractivity contribution in [2.45, 2.75) is 51.0 Å². The molecule has 1 fully saturated rings. The highest BCUT2D eigenvalue weighted by atomic mass is 15.1. The lowest BCUT2D eigenvalue weighted by Crippen LogP contribution is -2.46. The number of benzene rings is 1. The van der Waals surface area contributed by atoms with E-state index in [4.69, 9.17) is 4.98 Å². The van der Waals surface area contributed by atoms with E-state index in [0.29, 0.717) is 0 Å². The van der Waals surface area contributed by atoms with E-state index in [1.54, 1.807) is 0 Å². The minimum absolute atomic E-state index is 0.242. The number of fused-ring (bicyclic) bond motifs is 1. The van der Waals surface area contributed by atoms with E-state index in [1.807, 2.05) is 0 Å². The Labute approximate surface area is 121 Å². The molecule has 108 valence electrons. The second-order valence-corrected chi connectivity index (χ2v) is 6.12. The maximum absolute atomic E-state index is 4.85. The fraction of sp³-hybridized carbons (Fsp3) is 0.588. The number of rotatable bonds is 3. The second-order valence-electron chi connectivity index (χ2n) is 6.12. The Morgan fingerprint density at radius 1 is 1.25 bits per heavy atom. The van der Waals surface area contributed by atoms with Crippen molar-refractivity contribution in [1.82, 2.24) is 14.9 Å². The molecule has 1 N–H and O–H groups in total. The molecule has 0 amide bonds. The van der Waals surface area contributed by atoms with Gasteiger partial charge in [-0.1, -0.05) is 31.9 Å². The number of aryl methyl sites for hydroxylation is 1. The van der Waals surface area contributed by atoms with Crippen LogP contribution in [0.3, 0.4) is 0 Å². The van der Waals surface area contributed by atoms with E-state index < -0.39 is 0 Å². The molecule has 3 rings (SSSR count). The third-order valence-corrected chi connectivity index (χ3v) is 4.89. The zero-order valence-corrected chi connectivity index (χ0v) is 12.7. The predicted octanol–water partition coefficient (Wildman–Crippen LogP) is 3.43. The summed E-state index contributed by atoms with van der Waals surface area (Å²) in [6.07, 6.45) is 7.49. The Hall–Kier alpha value is -1.35. The van der Waals surface area contributed by atoms with Crippen LogP contribution in [0.5, 0.6) is 0 Å². The van der Waals surface area contributed by atoms with Crippen LogP contribution in [0.25, 0.3) is 11.0 Å². The molecule has 1 unspecified atom stereocenters. The zero-order chi connectivity index (χ0) is 14.0. The molecule has 20 heavy (non-hydrogen) atoms. The molecule has 0 aliphatic carbocycles. The molecular formula is C17H25N3. The monoisotopic (exact) mass is 271 g/mol. The van der Waals surface area contributed by atoms with Gasteiger partial charge in [0, 0.05) is 19.0 Å². The maximum Gasteiger partial charge on any atom is 0.111 e. The molecule has 2 heterocycles. The number of para-hydroxylation sites is 2. The topological polar surface area (TPSA) is 29.9 Å². The van der Waals surface area contributed by atoms with E-state index in [1.165, 1.54) is 43.4 Å². The van der Waals surface area contributed by atoms with E-state index in [-0.39, 0.29) is 5.54 Å². The first-order valence-corrected chi connectivity index (χ1v) is 7.89. The quantitative estimate of drug-likeness (QED) is 0.927. The summed E-state index contributed by atoms with van der Waals surface area (Å²) in [5.41, 5.74) is 2.60. The fourth-order valence-electron chi connectivity index (χ4n) is 3.44. The van der Waals surface area contributed by atoms with Gasteiger partial charge in [-0.25, -0.2) is 4.98 Å². The van der Waals surface area contributed by atoms with Crippen LogP contribution < -0.4 is 5.32 Å². The summed E-state index contributed by atoms with van der Waals surface area (Å²) in [5, 5.41) is 3.81. The van der Waals surface area contributed by atoms with Gasteiger partial charge in [-0.2, -0.15) is 0 Å². The van der Waals surface area contributed by atoms with Gasteiger partial charge in [-0.15, -0.1) is 0 Å². The van der Waals surface area contributed by atoms with Gasteiger partial charge in [0.2, 0.25) is 0 Å². The lowest BCUT2D eigenvalue weighted by atomic mass is 9.87. The van der Waals surface area contributed by atoms with Crippen LogP contribution in [0.2, 0.25) is 0 Å². The van der Waals surface area contributed by atoms with Gasteiger partial charge in [-0.3, -0.25) is 0 Å². The number of hydrogen-bond acceptors (Lipinski definition) is 2. The Kier molecular flexibility index (Phi) is 3.79. The minimum atomic E-state index is 0.242. The average Bonchev–Trinajstić information content (AvgIpc) is 2.66. The van der Waals surface area contributed by atoms with Gasteiger partial charge in [0.1, 0.15) is 5.82 Å². The van der Waals surface area contributed by atoms with Crippen molar-refractivity contribution in [1.29, 1.82) is 0 Å². The highest BCUT2D eigenvalue weighted by Gasteiger charge is 2.30. The van der Waals surface area contributed by atoms with Gasteiger partial charge >= 0.3 is 0 Å². The molecule has 1 atom stereocenters. The molecule has 2 aromatic rings. The number of nitrogens with zero attached hydrogens (tertiary/aromatic N) is 2. The Morgan fingerprint density at radius 3 is 2.90 bits per heavy atom. The molecule has 1 aliphatic heterocycles. The van der Waals surface area contributed by atoms with E-state index >= 15 is 0 Å². The third kappa shape index (κ3) is 2.47. The molecule has 0 radical (unpaired) electrons. The van der Waals surface area contributed by atoms with Crippen molar-refractivity contribution in [2.24, 2.45) is 7.05 Å². The Morgan fingerprint density at radius 2 is 2.10 bits per heavy atom. The Bertz CT molecular complexity index is 577. The maximum atomic E-state index is 4.85. The van der Waals surface area contributed by atoms with E-state index in [2.05, 4.69) is 48.1 Å². The smallest absolute Gasteiger partial charge is 0.111 e. The lowest BCUT2D eigenvalue weighted by Gasteiger charge is -2.32. The summed E-state index contributed by atoms with van der Waals surface area (Å²) in [7, 11) is 2.14. The van der Waals surface area contributed by atoms with Crippen LogP contribution in [0.4, 0.5) is 0 Å². The van der Waals surface area contributed by atoms with Crippen LogP contribution in [-0.2, 0) is 13.5 Å². The molecule has 0 bridgehead atoms. The number of imidazole rings is 1. The highest BCUT2D eigenvalue weighted by molar-refractivity contribution is 5.75. The van der Waals surface area contributed by atoms with Crippen LogP contribution in [0, 0.1) is 0 Å². The second kappa shape index (κ2) is 5.57. The average molecular weight is 271 g/mol. The van der Waals surface area contributed by atoms with Gasteiger partial charge in [0.25, 0.3) is 0 Å². The van der Waals surface area contributed by atoms with Crippen molar-refractivity contribution in [3.05, 3.63) is 30.1 Å². The van der Waals surface area contributed by atoms with E-state index in [0.717, 1.165) is 18.5 Å². The summed E-state index contributed by atoms with van der Waals surface area (Å²) in [6.45, 7) is 3.46. The summed E-state index contributed by atoms with van der Waals surface area (Å²) in [5.74, 6) is 1.21. The molecule has 3 heteroatoms. The predicted molar refractivity (Wildman–Crippen MR) is 83.9 cm³/mol. The number of nitrogens with one attached hydrogen (secondary N) is 1. The SMILES string of the molecule is CCC1(Cc2nc3ccccc3n2C)CCCCCN1. The normalized spacial score (nSPS) is 23.9. The summed E-state index contributed by atoms with van der Waals surface area (Å²) in [4.78, 5) is 4.85. The third-order valence-electron chi connectivity index (χ3n) is 4.89. The summed E-state index contributed by atoms with van der Waals surface area (Å²) >= 11 is 0. The summed E-state index contributed by atoms with van der Waals surface area (Å²) < 4.78 is 2.26. The van der Waals surface area contributed by atoms with Crippen molar-refractivity contribution >= 4 is 11.0 Å². The minimum Gasteiger partial charge on any atom is -0.331 e. The van der Waals surface area contributed by atoms with Gasteiger partial charge in [-0.05, 0) is 37.9 Å². The lowest BCUT2D eigenvalue weighted by molar-refractivity contribution is 0.295. The molecule has 1 aromatic heterocycles. The van der Waals surface area contributed by atoms with Crippen molar-refractivity contribution in [2.75, 3.05) is 6.54 Å². The standard InChI is InChI=1S/C17H25N3/c1-3-17(11-7-4-8-12-18-17)13-16-19-14-9-5-6-10-15(14)20(16)2/h5-6,9-10,18H,3-4,7-8,11-13H2,1-2H3. The van der Waals surface area contributed by atoms with Crippen molar-refractivity contribution in [3.63, 3.8) is 0 Å². The molecule has 0 spiro atoms. The number of hydrogen-bond donors (Lipinski definition) is 1. The van der Waals surface area contributed by atoms with Crippen molar-refractivity contribution < 1.29 is 0 Å². The molecular weight excluding hydrogens is 246 g/mol. The first-order valence-electron chi connectivity index (χ1n) is 7.89. The van der Waals surface area contributed by atoms with Crippen LogP contribution in [0.15, 0.2) is 24.3 Å². The Balaban J connectivity index is 1.92. The van der Waals surface area contributed by atoms with Crippen LogP contribution in [0.1, 0.15) is 44.9 Å². The number of aromatic nitrogens is 2. The first kappa shape index (κ1) is 13.6. The van der Waals surface area contributed by atoms with E-state index in [9.17, 15) is 0 Å². The largest absolute Gasteiger partial charge is 0.331 e. The van der Waals surface area contributed by atoms with Gasteiger partial charge in [0.15, 0.2) is 0 Å².